The van der Waals surface area contributed by atoms with Crippen molar-refractivity contribution in [3.8, 4) is 5.75 Å². The van der Waals surface area contributed by atoms with Crippen molar-refractivity contribution < 1.29 is 14.6 Å². The minimum atomic E-state index is -0.395. The lowest BCUT2D eigenvalue weighted by molar-refractivity contribution is 0.0812. The summed E-state index contributed by atoms with van der Waals surface area (Å²) in [7, 11) is 0. The first-order valence-corrected chi connectivity index (χ1v) is 7.65. The molecule has 3 nitrogen and oxygen atoms in total. The third kappa shape index (κ3) is 2.99. The molecular weight excluding hydrogens is 252 g/mol. The summed E-state index contributed by atoms with van der Waals surface area (Å²) in [5, 5.41) is 10.3. The average Bonchev–Trinajstić information content (AvgIpc) is 2.99. The molecule has 0 saturated carbocycles. The zero-order valence-corrected chi connectivity index (χ0v) is 12.4. The molecule has 1 N–H and O–H groups in total. The number of hydrogen-bond acceptors (Lipinski definition) is 3. The first kappa shape index (κ1) is 13.9. The van der Waals surface area contributed by atoms with Gasteiger partial charge >= 0.3 is 0 Å². The van der Waals surface area contributed by atoms with Crippen molar-refractivity contribution in [2.75, 3.05) is 6.61 Å². The Labute approximate surface area is 120 Å². The Morgan fingerprint density at radius 2 is 2.25 bits per heavy atom. The van der Waals surface area contributed by atoms with Gasteiger partial charge in [0.15, 0.2) is 0 Å². The van der Waals surface area contributed by atoms with Crippen molar-refractivity contribution in [3.63, 3.8) is 0 Å². The van der Waals surface area contributed by atoms with Crippen LogP contribution in [0.5, 0.6) is 5.75 Å². The van der Waals surface area contributed by atoms with Crippen LogP contribution in [-0.2, 0) is 11.2 Å². The fourth-order valence-corrected chi connectivity index (χ4v) is 3.22. The van der Waals surface area contributed by atoms with Crippen LogP contribution < -0.4 is 4.74 Å². The van der Waals surface area contributed by atoms with Crippen LogP contribution in [0.3, 0.4) is 0 Å². The summed E-state index contributed by atoms with van der Waals surface area (Å²) in [6.07, 6.45) is 4.88. The van der Waals surface area contributed by atoms with Crippen LogP contribution in [0.25, 0.3) is 0 Å². The van der Waals surface area contributed by atoms with E-state index in [4.69, 9.17) is 9.47 Å². The van der Waals surface area contributed by atoms with Gasteiger partial charge in [-0.25, -0.2) is 0 Å². The van der Waals surface area contributed by atoms with Crippen molar-refractivity contribution in [3.05, 3.63) is 29.3 Å². The molecule has 0 bridgehead atoms. The first-order chi connectivity index (χ1) is 9.53. The van der Waals surface area contributed by atoms with Crippen LogP contribution in [0.1, 0.15) is 56.8 Å². The minimum absolute atomic E-state index is 0.121. The van der Waals surface area contributed by atoms with E-state index in [0.29, 0.717) is 6.10 Å². The van der Waals surface area contributed by atoms with Crippen molar-refractivity contribution in [2.24, 2.45) is 0 Å². The second-order valence-electron chi connectivity index (χ2n) is 6.63. The number of rotatable bonds is 4. The van der Waals surface area contributed by atoms with Gasteiger partial charge in [-0.05, 0) is 62.8 Å². The summed E-state index contributed by atoms with van der Waals surface area (Å²) in [4.78, 5) is 0. The second-order valence-corrected chi connectivity index (χ2v) is 6.63. The Balaban J connectivity index is 1.62. The van der Waals surface area contributed by atoms with Gasteiger partial charge in [0.2, 0.25) is 0 Å². The largest absolute Gasteiger partial charge is 0.487 e. The van der Waals surface area contributed by atoms with Crippen molar-refractivity contribution in [1.29, 1.82) is 0 Å². The van der Waals surface area contributed by atoms with Crippen molar-refractivity contribution >= 4 is 0 Å². The summed E-state index contributed by atoms with van der Waals surface area (Å²) in [5.74, 6) is 0.963. The van der Waals surface area contributed by atoms with Crippen molar-refractivity contribution in [1.82, 2.24) is 0 Å². The van der Waals surface area contributed by atoms with E-state index in [2.05, 4.69) is 19.9 Å². The number of fused-ring (bicyclic) bond motifs is 1. The van der Waals surface area contributed by atoms with E-state index in [9.17, 15) is 5.11 Å². The standard InChI is InChI=1S/C17H24O3/c1-17(2)11-13-10-12(5-8-16(13)20-17)15(18)7-6-14-4-3-9-19-14/h5,8,10,14-15,18H,3-4,6-7,9,11H2,1-2H3. The van der Waals surface area contributed by atoms with Crippen LogP contribution in [0, 0.1) is 0 Å². The number of hydrogen-bond donors (Lipinski definition) is 1. The summed E-state index contributed by atoms with van der Waals surface area (Å²) in [5.41, 5.74) is 2.09. The normalized spacial score (nSPS) is 25.2. The zero-order valence-electron chi connectivity index (χ0n) is 12.4. The molecule has 0 aliphatic carbocycles. The first-order valence-electron chi connectivity index (χ1n) is 7.65. The molecule has 110 valence electrons. The topological polar surface area (TPSA) is 38.7 Å². The maximum absolute atomic E-state index is 10.3. The average molecular weight is 276 g/mol. The van der Waals surface area contributed by atoms with Gasteiger partial charge in [0, 0.05) is 13.0 Å². The third-order valence-electron chi connectivity index (χ3n) is 4.26. The van der Waals surface area contributed by atoms with Crippen molar-refractivity contribution in [2.45, 2.75) is 63.8 Å². The zero-order chi connectivity index (χ0) is 14.2. The number of benzene rings is 1. The van der Waals surface area contributed by atoms with E-state index < -0.39 is 6.10 Å². The molecule has 2 unspecified atom stereocenters. The van der Waals surface area contributed by atoms with Gasteiger partial charge in [0.1, 0.15) is 11.4 Å². The van der Waals surface area contributed by atoms with E-state index in [1.54, 1.807) is 0 Å². The molecule has 1 saturated heterocycles. The lowest BCUT2D eigenvalue weighted by atomic mass is 9.96. The molecule has 0 spiro atoms. The highest BCUT2D eigenvalue weighted by molar-refractivity contribution is 5.42. The molecule has 2 atom stereocenters. The van der Waals surface area contributed by atoms with Gasteiger partial charge in [-0.15, -0.1) is 0 Å². The Morgan fingerprint density at radius 3 is 3.00 bits per heavy atom. The maximum Gasteiger partial charge on any atom is 0.123 e. The highest BCUT2D eigenvalue weighted by Crippen LogP contribution is 2.36. The van der Waals surface area contributed by atoms with Crippen LogP contribution in [-0.4, -0.2) is 23.4 Å². The van der Waals surface area contributed by atoms with Crippen LogP contribution >= 0.6 is 0 Å². The van der Waals surface area contributed by atoms with Gasteiger partial charge in [-0.1, -0.05) is 6.07 Å². The Morgan fingerprint density at radius 1 is 1.40 bits per heavy atom. The SMILES string of the molecule is CC1(C)Cc2cc(C(O)CCC3CCCO3)ccc2O1. The predicted octanol–water partition coefficient (Wildman–Crippen LogP) is 3.39. The molecule has 3 rings (SSSR count). The molecule has 2 heterocycles. The molecule has 0 aromatic heterocycles. The number of aliphatic hydroxyl groups excluding tert-OH is 1. The molecule has 1 aromatic carbocycles. The highest BCUT2D eigenvalue weighted by Gasteiger charge is 2.30. The number of ether oxygens (including phenoxy) is 2. The molecule has 0 radical (unpaired) electrons. The Bertz CT molecular complexity index is 475. The van der Waals surface area contributed by atoms with Gasteiger partial charge in [0.25, 0.3) is 0 Å². The summed E-state index contributed by atoms with van der Waals surface area (Å²) in [6.45, 7) is 5.08. The fourth-order valence-electron chi connectivity index (χ4n) is 3.22. The van der Waals surface area contributed by atoms with E-state index in [0.717, 1.165) is 50.0 Å². The van der Waals surface area contributed by atoms with E-state index in [1.165, 1.54) is 5.56 Å². The van der Waals surface area contributed by atoms with E-state index in [1.807, 2.05) is 12.1 Å². The maximum atomic E-state index is 10.3. The monoisotopic (exact) mass is 276 g/mol. The summed E-state index contributed by atoms with van der Waals surface area (Å²) < 4.78 is 11.5. The molecule has 0 amide bonds. The van der Waals surface area contributed by atoms with E-state index >= 15 is 0 Å². The quantitative estimate of drug-likeness (QED) is 0.916. The second kappa shape index (κ2) is 5.38. The van der Waals surface area contributed by atoms with Crippen LogP contribution in [0.2, 0.25) is 0 Å². The molecule has 3 heteroatoms. The van der Waals surface area contributed by atoms with Gasteiger partial charge in [0.05, 0.1) is 12.2 Å². The van der Waals surface area contributed by atoms with Crippen LogP contribution in [0.15, 0.2) is 18.2 Å². The lowest BCUT2D eigenvalue weighted by Gasteiger charge is -2.16. The Hall–Kier alpha value is -1.06. The smallest absolute Gasteiger partial charge is 0.123 e. The van der Waals surface area contributed by atoms with Gasteiger partial charge < -0.3 is 14.6 Å². The van der Waals surface area contributed by atoms with Gasteiger partial charge in [-0.3, -0.25) is 0 Å². The molecule has 1 aromatic rings. The van der Waals surface area contributed by atoms with Gasteiger partial charge in [-0.2, -0.15) is 0 Å². The summed E-state index contributed by atoms with van der Waals surface area (Å²) in [6, 6.07) is 6.08. The third-order valence-corrected chi connectivity index (χ3v) is 4.26. The minimum Gasteiger partial charge on any atom is -0.487 e. The van der Waals surface area contributed by atoms with E-state index in [-0.39, 0.29) is 5.60 Å². The molecule has 1 fully saturated rings. The fraction of sp³-hybridized carbons (Fsp3) is 0.647. The Kier molecular flexibility index (Phi) is 3.74. The van der Waals surface area contributed by atoms with Crippen LogP contribution in [0.4, 0.5) is 0 Å². The molecule has 2 aliphatic rings. The molecule has 2 aliphatic heterocycles. The lowest BCUT2D eigenvalue weighted by Crippen LogP contribution is -2.24. The summed E-state index contributed by atoms with van der Waals surface area (Å²) >= 11 is 0. The predicted molar refractivity (Wildman–Crippen MR) is 78.0 cm³/mol. The molecule has 20 heavy (non-hydrogen) atoms. The number of aliphatic hydroxyl groups is 1. The molecular formula is C17H24O3. The highest BCUT2D eigenvalue weighted by atomic mass is 16.5.